The molecule has 2 aromatic rings. The molecule has 1 aromatic heterocycles. The fraction of sp³-hybridized carbons (Fsp3) is 0.286. The third-order valence-electron chi connectivity index (χ3n) is 2.84. The largest absolute Gasteiger partial charge is 0.309 e. The van der Waals surface area contributed by atoms with Gasteiger partial charge in [-0.3, -0.25) is 0 Å². The monoisotopic (exact) mass is 405 g/mol. The van der Waals surface area contributed by atoms with Crippen molar-refractivity contribution in [2.45, 2.75) is 19.4 Å². The Balaban J connectivity index is 2.26. The lowest BCUT2D eigenvalue weighted by atomic mass is 10.0. The van der Waals surface area contributed by atoms with Gasteiger partial charge in [0.25, 0.3) is 0 Å². The second-order valence-corrected chi connectivity index (χ2v) is 6.90. The van der Waals surface area contributed by atoms with E-state index >= 15 is 0 Å². The lowest BCUT2D eigenvalue weighted by molar-refractivity contribution is 0.533. The second kappa shape index (κ2) is 6.97. The van der Waals surface area contributed by atoms with E-state index in [9.17, 15) is 4.39 Å². The maximum atomic E-state index is 13.9. The molecule has 0 aliphatic heterocycles. The Bertz CT molecular complexity index is 556. The number of hydrogen-bond acceptors (Lipinski definition) is 2. The maximum absolute atomic E-state index is 13.9. The van der Waals surface area contributed by atoms with Crippen LogP contribution in [0.25, 0.3) is 0 Å². The van der Waals surface area contributed by atoms with Crippen molar-refractivity contribution in [3.8, 4) is 0 Å². The molecule has 5 heteroatoms. The van der Waals surface area contributed by atoms with E-state index in [1.807, 2.05) is 17.5 Å². The topological polar surface area (TPSA) is 12.0 Å². The number of hydrogen-bond donors (Lipinski definition) is 1. The smallest absolute Gasteiger partial charge is 0.126 e. The Hall–Kier alpha value is -0.230. The first-order chi connectivity index (χ1) is 9.11. The minimum atomic E-state index is -0.154. The molecule has 0 aliphatic rings. The first-order valence-electron chi connectivity index (χ1n) is 6.02. The lowest BCUT2D eigenvalue weighted by Gasteiger charge is -2.18. The minimum Gasteiger partial charge on any atom is -0.309 e. The summed E-state index contributed by atoms with van der Waals surface area (Å²) in [6.07, 6.45) is 0.637. The van der Waals surface area contributed by atoms with Crippen LogP contribution in [0.4, 0.5) is 4.39 Å². The fourth-order valence-corrected chi connectivity index (χ4v) is 4.11. The summed E-state index contributed by atoms with van der Waals surface area (Å²) in [4.78, 5) is 1.21. The van der Waals surface area contributed by atoms with Crippen molar-refractivity contribution in [2.24, 2.45) is 0 Å². The number of thiophene rings is 1. The maximum Gasteiger partial charge on any atom is 0.126 e. The van der Waals surface area contributed by atoms with Crippen molar-refractivity contribution in [1.29, 1.82) is 0 Å². The highest BCUT2D eigenvalue weighted by Gasteiger charge is 2.17. The summed E-state index contributed by atoms with van der Waals surface area (Å²) in [5, 5.41) is 5.46. The molecule has 0 fully saturated rings. The van der Waals surface area contributed by atoms with Gasteiger partial charge in [-0.15, -0.1) is 11.3 Å². The molecule has 1 N–H and O–H groups in total. The number of benzene rings is 1. The number of rotatable bonds is 5. The highest BCUT2D eigenvalue weighted by atomic mass is 79.9. The molecule has 1 aromatic carbocycles. The van der Waals surface area contributed by atoms with Crippen LogP contribution in [0.5, 0.6) is 0 Å². The summed E-state index contributed by atoms with van der Waals surface area (Å²) in [5.74, 6) is -0.154. The third-order valence-corrected chi connectivity index (χ3v) is 5.32. The standard InChI is InChI=1S/C14H14Br2FNS/c1-2-18-13(14-11(16)5-6-19-14)8-9-7-10(15)3-4-12(9)17/h3-7,13,18H,2,8H2,1H3. The highest BCUT2D eigenvalue weighted by Crippen LogP contribution is 2.32. The number of halogens is 3. The van der Waals surface area contributed by atoms with Gasteiger partial charge in [0.15, 0.2) is 0 Å². The summed E-state index contributed by atoms with van der Waals surface area (Å²) < 4.78 is 15.8. The molecule has 102 valence electrons. The van der Waals surface area contributed by atoms with Crippen LogP contribution < -0.4 is 5.32 Å². The van der Waals surface area contributed by atoms with Crippen LogP contribution in [0, 0.1) is 5.82 Å². The van der Waals surface area contributed by atoms with Gasteiger partial charge in [-0.05, 0) is 64.1 Å². The molecule has 0 spiro atoms. The van der Waals surface area contributed by atoms with Crippen LogP contribution in [-0.4, -0.2) is 6.54 Å². The SMILES string of the molecule is CCNC(Cc1cc(Br)ccc1F)c1sccc1Br. The zero-order valence-corrected chi connectivity index (χ0v) is 14.4. The number of likely N-dealkylation sites (N-methyl/N-ethyl adjacent to an activating group) is 1. The van der Waals surface area contributed by atoms with Crippen LogP contribution in [-0.2, 0) is 6.42 Å². The Morgan fingerprint density at radius 1 is 1.32 bits per heavy atom. The summed E-state index contributed by atoms with van der Waals surface area (Å²) in [6.45, 7) is 2.91. The molecule has 1 atom stereocenters. The molecule has 0 bridgehead atoms. The van der Waals surface area contributed by atoms with Gasteiger partial charge in [0.05, 0.1) is 0 Å². The van der Waals surface area contributed by atoms with Gasteiger partial charge in [0, 0.05) is 19.9 Å². The van der Waals surface area contributed by atoms with Gasteiger partial charge >= 0.3 is 0 Å². The van der Waals surface area contributed by atoms with Crippen LogP contribution in [0.2, 0.25) is 0 Å². The average Bonchev–Trinajstić information content (AvgIpc) is 2.79. The molecule has 1 unspecified atom stereocenters. The van der Waals surface area contributed by atoms with Gasteiger partial charge in [-0.1, -0.05) is 22.9 Å². The van der Waals surface area contributed by atoms with Gasteiger partial charge in [0.1, 0.15) is 5.82 Å². The Kier molecular flexibility index (Phi) is 5.57. The van der Waals surface area contributed by atoms with Gasteiger partial charge < -0.3 is 5.32 Å². The van der Waals surface area contributed by atoms with Crippen molar-refractivity contribution in [3.63, 3.8) is 0 Å². The molecule has 1 heterocycles. The van der Waals surface area contributed by atoms with E-state index in [0.29, 0.717) is 6.42 Å². The molecule has 2 rings (SSSR count). The van der Waals surface area contributed by atoms with Gasteiger partial charge in [0.2, 0.25) is 0 Å². The zero-order valence-electron chi connectivity index (χ0n) is 10.4. The molecule has 0 saturated carbocycles. The van der Waals surface area contributed by atoms with E-state index in [0.717, 1.165) is 21.1 Å². The van der Waals surface area contributed by atoms with E-state index in [1.54, 1.807) is 17.4 Å². The second-order valence-electron chi connectivity index (χ2n) is 4.18. The normalized spacial score (nSPS) is 12.6. The number of nitrogens with one attached hydrogen (secondary N) is 1. The lowest BCUT2D eigenvalue weighted by Crippen LogP contribution is -2.22. The van der Waals surface area contributed by atoms with Crippen LogP contribution in [0.1, 0.15) is 23.4 Å². The average molecular weight is 407 g/mol. The summed E-state index contributed by atoms with van der Waals surface area (Å²) in [6, 6.07) is 7.24. The van der Waals surface area contributed by atoms with Crippen molar-refractivity contribution < 1.29 is 4.39 Å². The van der Waals surface area contributed by atoms with Crippen molar-refractivity contribution in [3.05, 3.63) is 54.8 Å². The fourth-order valence-electron chi connectivity index (χ4n) is 1.98. The third kappa shape index (κ3) is 3.88. The van der Waals surface area contributed by atoms with E-state index in [2.05, 4.69) is 44.1 Å². The van der Waals surface area contributed by atoms with Crippen LogP contribution >= 0.6 is 43.2 Å². The summed E-state index contributed by atoms with van der Waals surface area (Å²) in [7, 11) is 0. The van der Waals surface area contributed by atoms with E-state index in [1.165, 1.54) is 10.9 Å². The Labute approximate surface area is 133 Å². The van der Waals surface area contributed by atoms with Crippen LogP contribution in [0.15, 0.2) is 38.6 Å². The van der Waals surface area contributed by atoms with Gasteiger partial charge in [-0.25, -0.2) is 4.39 Å². The summed E-state index contributed by atoms with van der Waals surface area (Å²) >= 11 is 8.63. The van der Waals surface area contributed by atoms with E-state index in [-0.39, 0.29) is 11.9 Å². The molecule has 1 nitrogen and oxygen atoms in total. The Morgan fingerprint density at radius 3 is 2.74 bits per heavy atom. The predicted molar refractivity (Wildman–Crippen MR) is 86.2 cm³/mol. The minimum absolute atomic E-state index is 0.128. The predicted octanol–water partition coefficient (Wildman–Crippen LogP) is 5.31. The van der Waals surface area contributed by atoms with E-state index in [4.69, 9.17) is 0 Å². The van der Waals surface area contributed by atoms with Crippen molar-refractivity contribution in [1.82, 2.24) is 5.32 Å². The molecule has 0 saturated heterocycles. The molecule has 0 radical (unpaired) electrons. The Morgan fingerprint density at radius 2 is 2.11 bits per heavy atom. The van der Waals surface area contributed by atoms with Crippen LogP contribution in [0.3, 0.4) is 0 Å². The molecule has 0 amide bonds. The molecular weight excluding hydrogens is 393 g/mol. The molecule has 19 heavy (non-hydrogen) atoms. The first kappa shape index (κ1) is 15.2. The highest BCUT2D eigenvalue weighted by molar-refractivity contribution is 9.10. The quantitative estimate of drug-likeness (QED) is 0.709. The van der Waals surface area contributed by atoms with E-state index < -0.39 is 0 Å². The zero-order chi connectivity index (χ0) is 13.8. The molecular formula is C14H14Br2FNS. The summed E-state index contributed by atoms with van der Waals surface area (Å²) in [5.41, 5.74) is 0.723. The van der Waals surface area contributed by atoms with Crippen molar-refractivity contribution >= 4 is 43.2 Å². The first-order valence-corrected chi connectivity index (χ1v) is 8.48. The molecule has 0 aliphatic carbocycles. The van der Waals surface area contributed by atoms with Gasteiger partial charge in [-0.2, -0.15) is 0 Å². The van der Waals surface area contributed by atoms with Crippen molar-refractivity contribution in [2.75, 3.05) is 6.54 Å².